The van der Waals surface area contributed by atoms with E-state index < -0.39 is 66.7 Å². The molecule has 0 amide bonds. The summed E-state index contributed by atoms with van der Waals surface area (Å²) < 4.78 is 32.7. The summed E-state index contributed by atoms with van der Waals surface area (Å²) >= 11 is 5.83. The summed E-state index contributed by atoms with van der Waals surface area (Å²) in [7, 11) is 0. The van der Waals surface area contributed by atoms with E-state index in [0.29, 0.717) is 0 Å². The standard InChI is InChI=1S/C22H19ClFN5O10/c23-20-27-15(25)11-16(28-20)29(7-26-11)17-12(24)22(36)13(38-17)14(22)39-21(18(32)33,19(34)35)5-8-1-3-9(4-2-8)37-6-10(30)31/h1-4,7,12-14,17,36H,5-6H2,(H,30,31)(H,32,33)(H,34,35)(H2,25,27,28)/t12-,13-,14?,17-,22+/m1/s1. The maximum absolute atomic E-state index is 15.6. The van der Waals surface area contributed by atoms with Gasteiger partial charge in [-0.1, -0.05) is 12.1 Å². The second-order valence-electron chi connectivity index (χ2n) is 8.92. The third-order valence-corrected chi connectivity index (χ3v) is 6.68. The third-order valence-electron chi connectivity index (χ3n) is 6.51. The van der Waals surface area contributed by atoms with Gasteiger partial charge in [0.15, 0.2) is 36.1 Å². The molecular formula is C22H19ClFN5O10. The lowest BCUT2D eigenvalue weighted by Crippen LogP contribution is -2.53. The van der Waals surface area contributed by atoms with Gasteiger partial charge in [0.2, 0.25) is 5.28 Å². The lowest BCUT2D eigenvalue weighted by molar-refractivity contribution is -0.194. The number of carboxylic acids is 3. The number of fused-ring (bicyclic) bond motifs is 2. The number of hydrogen-bond acceptors (Lipinski definition) is 11. The minimum absolute atomic E-state index is 0.0173. The van der Waals surface area contributed by atoms with Crippen LogP contribution in [0.15, 0.2) is 30.6 Å². The average Bonchev–Trinajstić information content (AvgIpc) is 3.12. The van der Waals surface area contributed by atoms with Gasteiger partial charge in [-0.15, -0.1) is 0 Å². The number of anilines is 1. The molecule has 3 heterocycles. The van der Waals surface area contributed by atoms with Gasteiger partial charge in [-0.2, -0.15) is 9.97 Å². The van der Waals surface area contributed by atoms with Gasteiger partial charge >= 0.3 is 17.9 Å². The van der Waals surface area contributed by atoms with Crippen molar-refractivity contribution in [2.24, 2.45) is 0 Å². The Labute approximate surface area is 221 Å². The number of benzene rings is 1. The van der Waals surface area contributed by atoms with Gasteiger partial charge in [-0.25, -0.2) is 23.8 Å². The molecule has 1 saturated heterocycles. The highest BCUT2D eigenvalue weighted by Crippen LogP contribution is 2.58. The van der Waals surface area contributed by atoms with Crippen LogP contribution in [-0.4, -0.2) is 94.0 Å². The topological polar surface area (TPSA) is 229 Å². The van der Waals surface area contributed by atoms with Crippen LogP contribution < -0.4 is 10.5 Å². The fourth-order valence-corrected chi connectivity index (χ4v) is 4.64. The number of carboxylic acid groups (broad SMARTS) is 3. The molecule has 2 aromatic heterocycles. The smallest absolute Gasteiger partial charge is 0.348 e. The first-order valence-electron chi connectivity index (χ1n) is 11.1. The van der Waals surface area contributed by atoms with Gasteiger partial charge in [0.1, 0.15) is 23.5 Å². The van der Waals surface area contributed by atoms with Crippen molar-refractivity contribution in [3.05, 3.63) is 41.4 Å². The Morgan fingerprint density at radius 3 is 2.41 bits per heavy atom. The Kier molecular flexibility index (Phi) is 6.29. The second kappa shape index (κ2) is 9.26. The number of nitrogens with two attached hydrogens (primary N) is 1. The SMILES string of the molecule is Nc1nc(Cl)nc2c1ncn2[C@@H]1O[C@@H]2C(OC(Cc3ccc(OCC(=O)O)cc3)(C(=O)O)C(=O)O)[C@]2(O)[C@@H]1F. The molecule has 39 heavy (non-hydrogen) atoms. The van der Waals surface area contributed by atoms with E-state index in [1.165, 1.54) is 24.3 Å². The molecule has 1 saturated carbocycles. The van der Waals surface area contributed by atoms with E-state index in [1.54, 1.807) is 0 Å². The Balaban J connectivity index is 1.36. The predicted octanol–water partition coefficient (Wildman–Crippen LogP) is 0.0414. The van der Waals surface area contributed by atoms with Crippen molar-refractivity contribution >= 4 is 46.5 Å². The molecule has 206 valence electrons. The summed E-state index contributed by atoms with van der Waals surface area (Å²) in [6, 6.07) is 5.26. The summed E-state index contributed by atoms with van der Waals surface area (Å²) in [5, 5.41) is 39.1. The number of aliphatic carboxylic acids is 3. The summed E-state index contributed by atoms with van der Waals surface area (Å²) in [5.74, 6) is -4.94. The molecule has 5 rings (SSSR count). The first-order valence-corrected chi connectivity index (χ1v) is 11.5. The Hall–Kier alpha value is -4.12. The zero-order valence-corrected chi connectivity index (χ0v) is 20.2. The molecule has 1 unspecified atom stereocenters. The van der Waals surface area contributed by atoms with Gasteiger partial charge in [0.05, 0.1) is 6.33 Å². The van der Waals surface area contributed by atoms with E-state index in [1.807, 2.05) is 0 Å². The fourth-order valence-electron chi connectivity index (χ4n) is 4.47. The Morgan fingerprint density at radius 2 is 1.85 bits per heavy atom. The van der Waals surface area contributed by atoms with E-state index in [9.17, 15) is 29.7 Å². The van der Waals surface area contributed by atoms with Crippen LogP contribution in [0.5, 0.6) is 5.75 Å². The number of nitrogen functional groups attached to an aromatic ring is 1. The lowest BCUT2D eigenvalue weighted by atomic mass is 9.94. The number of halogens is 2. The molecule has 1 aliphatic carbocycles. The van der Waals surface area contributed by atoms with Gasteiger partial charge in [-0.05, 0) is 29.3 Å². The second-order valence-corrected chi connectivity index (χ2v) is 9.26. The normalized spacial score (nSPS) is 25.8. The third kappa shape index (κ3) is 4.26. The number of rotatable bonds is 10. The van der Waals surface area contributed by atoms with Crippen molar-refractivity contribution in [2.45, 2.75) is 42.2 Å². The van der Waals surface area contributed by atoms with Crippen LogP contribution in [0.1, 0.15) is 11.8 Å². The van der Waals surface area contributed by atoms with Gasteiger partial charge in [0, 0.05) is 6.42 Å². The number of hydrogen-bond donors (Lipinski definition) is 5. The summed E-state index contributed by atoms with van der Waals surface area (Å²) in [6.45, 7) is -0.619. The minimum atomic E-state index is -2.93. The fraction of sp³-hybridized carbons (Fsp3) is 0.364. The predicted molar refractivity (Wildman–Crippen MR) is 125 cm³/mol. The zero-order chi connectivity index (χ0) is 28.3. The maximum Gasteiger partial charge on any atom is 0.348 e. The van der Waals surface area contributed by atoms with Crippen molar-refractivity contribution in [3.63, 3.8) is 0 Å². The molecule has 3 aromatic rings. The number of aliphatic hydroxyl groups is 1. The van der Waals surface area contributed by atoms with Crippen LogP contribution >= 0.6 is 11.6 Å². The number of imidazole rings is 1. The largest absolute Gasteiger partial charge is 0.482 e. The number of alkyl halides is 1. The van der Waals surface area contributed by atoms with Crippen LogP contribution in [0.3, 0.4) is 0 Å². The van der Waals surface area contributed by atoms with Crippen molar-refractivity contribution in [3.8, 4) is 5.75 Å². The van der Waals surface area contributed by atoms with Crippen LogP contribution in [-0.2, 0) is 30.3 Å². The van der Waals surface area contributed by atoms with Crippen molar-refractivity contribution in [1.82, 2.24) is 19.5 Å². The molecule has 1 aromatic carbocycles. The summed E-state index contributed by atoms with van der Waals surface area (Å²) in [6.07, 6.45) is -6.35. The minimum Gasteiger partial charge on any atom is -0.482 e. The molecule has 1 aliphatic heterocycles. The molecule has 2 aliphatic rings. The first kappa shape index (κ1) is 26.5. The number of nitrogens with zero attached hydrogens (tertiary/aromatic N) is 4. The number of carbonyl (C=O) groups is 3. The zero-order valence-electron chi connectivity index (χ0n) is 19.5. The van der Waals surface area contributed by atoms with E-state index in [4.69, 9.17) is 36.7 Å². The highest BCUT2D eigenvalue weighted by atomic mass is 35.5. The first-order chi connectivity index (χ1) is 18.4. The summed E-state index contributed by atoms with van der Waals surface area (Å²) in [4.78, 5) is 46.7. The highest BCUT2D eigenvalue weighted by molar-refractivity contribution is 6.28. The molecule has 5 atom stereocenters. The molecular weight excluding hydrogens is 549 g/mol. The number of ether oxygens (including phenoxy) is 3. The van der Waals surface area contributed by atoms with Crippen LogP contribution in [0, 0.1) is 0 Å². The molecule has 17 heteroatoms. The molecule has 2 fully saturated rings. The van der Waals surface area contributed by atoms with Crippen LogP contribution in [0.4, 0.5) is 10.2 Å². The average molecular weight is 568 g/mol. The van der Waals surface area contributed by atoms with Crippen molar-refractivity contribution in [2.75, 3.05) is 12.3 Å². The molecule has 0 spiro atoms. The maximum atomic E-state index is 15.6. The lowest BCUT2D eigenvalue weighted by Gasteiger charge is -2.28. The van der Waals surface area contributed by atoms with E-state index in [0.717, 1.165) is 10.9 Å². The Morgan fingerprint density at radius 1 is 1.18 bits per heavy atom. The van der Waals surface area contributed by atoms with Gasteiger partial charge < -0.3 is 40.4 Å². The molecule has 0 radical (unpaired) electrons. The van der Waals surface area contributed by atoms with E-state index >= 15 is 4.39 Å². The quantitative estimate of drug-likeness (QED) is 0.161. The van der Waals surface area contributed by atoms with Crippen molar-refractivity contribution < 1.29 is 53.4 Å². The van der Waals surface area contributed by atoms with E-state index in [-0.39, 0.29) is 33.6 Å². The van der Waals surface area contributed by atoms with E-state index in [2.05, 4.69) is 15.0 Å². The molecule has 0 bridgehead atoms. The Bertz CT molecular complexity index is 1470. The van der Waals surface area contributed by atoms with Gasteiger partial charge in [0.25, 0.3) is 5.60 Å². The van der Waals surface area contributed by atoms with Crippen molar-refractivity contribution in [1.29, 1.82) is 0 Å². The highest BCUT2D eigenvalue weighted by Gasteiger charge is 2.80. The monoisotopic (exact) mass is 567 g/mol. The van der Waals surface area contributed by atoms with Crippen LogP contribution in [0.2, 0.25) is 5.28 Å². The van der Waals surface area contributed by atoms with Gasteiger partial charge in [-0.3, -0.25) is 4.57 Å². The number of aromatic nitrogens is 4. The molecule has 15 nitrogen and oxygen atoms in total. The molecule has 6 N–H and O–H groups in total. The summed E-state index contributed by atoms with van der Waals surface area (Å²) in [5.41, 5.74) is 0.730. The van der Waals surface area contributed by atoms with Crippen LogP contribution in [0.25, 0.3) is 11.2 Å².